The summed E-state index contributed by atoms with van der Waals surface area (Å²) in [6.45, 7) is 0.592. The predicted molar refractivity (Wildman–Crippen MR) is 70.9 cm³/mol. The molecule has 1 rings (SSSR count). The van der Waals surface area contributed by atoms with E-state index in [2.05, 4.69) is 5.32 Å². The summed E-state index contributed by atoms with van der Waals surface area (Å²) in [5.41, 5.74) is 0.390. The lowest BCUT2D eigenvalue weighted by molar-refractivity contribution is -0.384. The number of nitro benzene ring substituents is 1. The molecule has 1 amide bonds. The third-order valence-corrected chi connectivity index (χ3v) is 2.93. The Morgan fingerprint density at radius 3 is 3.00 bits per heavy atom. The number of hydrogen-bond donors (Lipinski definition) is 1. The Hall–Kier alpha value is -1.60. The van der Waals surface area contributed by atoms with Crippen LogP contribution in [0.3, 0.4) is 0 Å². The number of carbonyl (C=O) groups is 1. The molecule has 98 valence electrons. The number of nitrogens with one attached hydrogen (secondary N) is 1. The minimum absolute atomic E-state index is 0.0418. The number of ether oxygens (including phenoxy) is 1. The average molecular weight is 270 g/mol. The normalized spacial score (nSPS) is 10.1. The van der Waals surface area contributed by atoms with E-state index >= 15 is 0 Å². The highest BCUT2D eigenvalue weighted by molar-refractivity contribution is 7.99. The largest absolute Gasteiger partial charge is 0.384 e. The van der Waals surface area contributed by atoms with Gasteiger partial charge < -0.3 is 10.1 Å². The molecule has 0 aromatic heterocycles. The maximum atomic E-state index is 11.5. The van der Waals surface area contributed by atoms with Gasteiger partial charge in [-0.3, -0.25) is 14.9 Å². The first-order chi connectivity index (χ1) is 8.63. The Kier molecular flexibility index (Phi) is 6.16. The third kappa shape index (κ3) is 5.15. The van der Waals surface area contributed by atoms with Gasteiger partial charge in [0, 0.05) is 30.7 Å². The van der Waals surface area contributed by atoms with Crippen LogP contribution in [0.4, 0.5) is 11.4 Å². The van der Waals surface area contributed by atoms with Crippen LogP contribution < -0.4 is 5.32 Å². The molecule has 0 bridgehead atoms. The fourth-order valence-corrected chi connectivity index (χ4v) is 1.89. The maximum Gasteiger partial charge on any atom is 0.271 e. The average Bonchev–Trinajstić information content (AvgIpc) is 2.35. The molecule has 0 aliphatic carbocycles. The number of thioether (sulfide) groups is 1. The Labute approximate surface area is 109 Å². The minimum Gasteiger partial charge on any atom is -0.384 e. The summed E-state index contributed by atoms with van der Waals surface area (Å²) < 4.78 is 4.86. The Balaban J connectivity index is 2.44. The van der Waals surface area contributed by atoms with Crippen molar-refractivity contribution in [3.05, 3.63) is 34.4 Å². The summed E-state index contributed by atoms with van der Waals surface area (Å²) in [5.74, 6) is 0.849. The van der Waals surface area contributed by atoms with Crippen LogP contribution in [0.25, 0.3) is 0 Å². The number of rotatable bonds is 7. The van der Waals surface area contributed by atoms with Crippen molar-refractivity contribution in [3.8, 4) is 0 Å². The second-order valence-electron chi connectivity index (χ2n) is 3.40. The highest BCUT2D eigenvalue weighted by Crippen LogP contribution is 2.17. The fourth-order valence-electron chi connectivity index (χ4n) is 1.20. The Morgan fingerprint density at radius 2 is 2.33 bits per heavy atom. The van der Waals surface area contributed by atoms with Crippen LogP contribution in [-0.4, -0.2) is 36.1 Å². The molecule has 18 heavy (non-hydrogen) atoms. The summed E-state index contributed by atoms with van der Waals surface area (Å²) in [4.78, 5) is 21.6. The van der Waals surface area contributed by atoms with Crippen LogP contribution in [-0.2, 0) is 9.53 Å². The lowest BCUT2D eigenvalue weighted by atomic mass is 10.3. The molecule has 1 aromatic rings. The SMILES string of the molecule is COCCSCC(=O)Nc1cccc([N+](=O)[O-])c1. The van der Waals surface area contributed by atoms with Crippen molar-refractivity contribution >= 4 is 29.0 Å². The minimum atomic E-state index is -0.497. The summed E-state index contributed by atoms with van der Waals surface area (Å²) >= 11 is 1.44. The molecule has 1 N–H and O–H groups in total. The van der Waals surface area contributed by atoms with Gasteiger partial charge >= 0.3 is 0 Å². The van der Waals surface area contributed by atoms with E-state index in [0.29, 0.717) is 18.0 Å². The molecule has 0 spiro atoms. The predicted octanol–water partition coefficient (Wildman–Crippen LogP) is 1.91. The first-order valence-corrected chi connectivity index (χ1v) is 6.40. The van der Waals surface area contributed by atoms with Crippen LogP contribution in [0.5, 0.6) is 0 Å². The molecule has 0 saturated heterocycles. The number of benzene rings is 1. The summed E-state index contributed by atoms with van der Waals surface area (Å²) in [7, 11) is 1.60. The van der Waals surface area contributed by atoms with Crippen molar-refractivity contribution in [1.82, 2.24) is 0 Å². The fraction of sp³-hybridized carbons (Fsp3) is 0.364. The van der Waals surface area contributed by atoms with E-state index in [4.69, 9.17) is 4.74 Å². The number of methoxy groups -OCH3 is 1. The molecule has 6 nitrogen and oxygen atoms in total. The lowest BCUT2D eigenvalue weighted by Gasteiger charge is -2.04. The van der Waals surface area contributed by atoms with Gasteiger partial charge in [-0.25, -0.2) is 0 Å². The van der Waals surface area contributed by atoms with Crippen LogP contribution in [0, 0.1) is 10.1 Å². The standard InChI is InChI=1S/C11H14N2O4S/c1-17-5-6-18-8-11(14)12-9-3-2-4-10(7-9)13(15)16/h2-4,7H,5-6,8H2,1H3,(H,12,14). The van der Waals surface area contributed by atoms with E-state index in [1.165, 1.54) is 30.0 Å². The molecular formula is C11H14N2O4S. The number of nitro groups is 1. The molecule has 0 aliphatic heterocycles. The number of carbonyl (C=O) groups excluding carboxylic acids is 1. The Bertz CT molecular complexity index is 425. The van der Waals surface area contributed by atoms with Crippen molar-refractivity contribution in [2.24, 2.45) is 0 Å². The zero-order chi connectivity index (χ0) is 13.4. The van der Waals surface area contributed by atoms with Crippen molar-refractivity contribution in [1.29, 1.82) is 0 Å². The van der Waals surface area contributed by atoms with Gasteiger partial charge in [-0.1, -0.05) is 6.07 Å². The van der Waals surface area contributed by atoms with E-state index in [-0.39, 0.29) is 11.6 Å². The summed E-state index contributed by atoms with van der Waals surface area (Å²) in [6, 6.07) is 5.86. The van der Waals surface area contributed by atoms with Gasteiger partial charge in [-0.2, -0.15) is 0 Å². The zero-order valence-electron chi connectivity index (χ0n) is 9.92. The summed E-state index contributed by atoms with van der Waals surface area (Å²) in [5, 5.41) is 13.2. The number of hydrogen-bond acceptors (Lipinski definition) is 5. The number of nitrogens with zero attached hydrogens (tertiary/aromatic N) is 1. The van der Waals surface area contributed by atoms with Gasteiger partial charge in [0.05, 0.1) is 17.3 Å². The molecule has 0 aliphatic rings. The monoisotopic (exact) mass is 270 g/mol. The molecule has 1 aromatic carbocycles. The van der Waals surface area contributed by atoms with E-state index in [1.54, 1.807) is 13.2 Å². The second kappa shape index (κ2) is 7.67. The smallest absolute Gasteiger partial charge is 0.271 e. The van der Waals surface area contributed by atoms with Gasteiger partial charge in [0.15, 0.2) is 0 Å². The van der Waals surface area contributed by atoms with Crippen molar-refractivity contribution in [2.45, 2.75) is 0 Å². The first-order valence-electron chi connectivity index (χ1n) is 5.24. The third-order valence-electron chi connectivity index (χ3n) is 2.01. The molecule has 0 heterocycles. The zero-order valence-corrected chi connectivity index (χ0v) is 10.7. The van der Waals surface area contributed by atoms with Gasteiger partial charge in [0.2, 0.25) is 5.91 Å². The van der Waals surface area contributed by atoms with Gasteiger partial charge in [-0.15, -0.1) is 11.8 Å². The maximum absolute atomic E-state index is 11.5. The molecule has 7 heteroatoms. The van der Waals surface area contributed by atoms with Gasteiger partial charge in [0.25, 0.3) is 5.69 Å². The van der Waals surface area contributed by atoms with E-state index in [0.717, 1.165) is 5.75 Å². The van der Waals surface area contributed by atoms with Crippen LogP contribution in [0.1, 0.15) is 0 Å². The second-order valence-corrected chi connectivity index (χ2v) is 4.51. The highest BCUT2D eigenvalue weighted by atomic mass is 32.2. The lowest BCUT2D eigenvalue weighted by Crippen LogP contribution is -2.14. The van der Waals surface area contributed by atoms with Crippen molar-refractivity contribution in [3.63, 3.8) is 0 Å². The molecule has 0 atom stereocenters. The van der Waals surface area contributed by atoms with Crippen molar-refractivity contribution in [2.75, 3.05) is 30.5 Å². The molecule has 0 radical (unpaired) electrons. The highest BCUT2D eigenvalue weighted by Gasteiger charge is 2.07. The molecule has 0 unspecified atom stereocenters. The number of anilines is 1. The van der Waals surface area contributed by atoms with E-state index in [1.807, 2.05) is 0 Å². The van der Waals surface area contributed by atoms with Crippen LogP contribution >= 0.6 is 11.8 Å². The van der Waals surface area contributed by atoms with Crippen LogP contribution in [0.15, 0.2) is 24.3 Å². The molecular weight excluding hydrogens is 256 g/mol. The van der Waals surface area contributed by atoms with Crippen LogP contribution in [0.2, 0.25) is 0 Å². The quantitative estimate of drug-likeness (QED) is 0.465. The first kappa shape index (κ1) is 14.5. The number of amides is 1. The molecule has 0 fully saturated rings. The Morgan fingerprint density at radius 1 is 1.56 bits per heavy atom. The van der Waals surface area contributed by atoms with Crippen molar-refractivity contribution < 1.29 is 14.5 Å². The molecule has 0 saturated carbocycles. The van der Waals surface area contributed by atoms with Gasteiger partial charge in [-0.05, 0) is 6.07 Å². The van der Waals surface area contributed by atoms with E-state index in [9.17, 15) is 14.9 Å². The number of non-ortho nitro benzene ring substituents is 1. The van der Waals surface area contributed by atoms with Gasteiger partial charge in [0.1, 0.15) is 0 Å². The van der Waals surface area contributed by atoms with E-state index < -0.39 is 4.92 Å². The topological polar surface area (TPSA) is 81.5 Å². The summed E-state index contributed by atoms with van der Waals surface area (Å²) in [6.07, 6.45) is 0.